The Hall–Kier alpha value is -1.36. The van der Waals surface area contributed by atoms with Gasteiger partial charge in [-0.25, -0.2) is 0 Å². The first kappa shape index (κ1) is 11.1. The molecule has 5 nitrogen and oxygen atoms in total. The van der Waals surface area contributed by atoms with Crippen LogP contribution < -0.4 is 15.4 Å². The molecule has 1 aromatic heterocycles. The lowest BCUT2D eigenvalue weighted by Crippen LogP contribution is -2.23. The molecule has 5 heteroatoms. The lowest BCUT2D eigenvalue weighted by molar-refractivity contribution is 0.325. The highest BCUT2D eigenvalue weighted by Crippen LogP contribution is 2.22. The van der Waals surface area contributed by atoms with Crippen LogP contribution in [0.4, 0.5) is 5.82 Å². The molecule has 0 radical (unpaired) electrons. The Balaban J connectivity index is 2.06. The lowest BCUT2D eigenvalue weighted by Gasteiger charge is -2.17. The topological polar surface area (TPSA) is 64.3 Å². The molecule has 2 heterocycles. The Morgan fingerprint density at radius 1 is 1.56 bits per heavy atom. The third kappa shape index (κ3) is 2.41. The summed E-state index contributed by atoms with van der Waals surface area (Å²) in [5.41, 5.74) is 5.66. The highest BCUT2D eigenvalue weighted by molar-refractivity contribution is 5.38. The number of hydrogen-bond donors (Lipinski definition) is 1. The van der Waals surface area contributed by atoms with E-state index in [1.165, 1.54) is 0 Å². The van der Waals surface area contributed by atoms with Crippen LogP contribution >= 0.6 is 0 Å². The first-order valence-corrected chi connectivity index (χ1v) is 5.73. The van der Waals surface area contributed by atoms with Crippen LogP contribution in [-0.2, 0) is 0 Å². The van der Waals surface area contributed by atoms with E-state index in [-0.39, 0.29) is 0 Å². The minimum atomic E-state index is 0.581. The normalized spacial score (nSPS) is 20.1. The van der Waals surface area contributed by atoms with Gasteiger partial charge in [-0.15, -0.1) is 0 Å². The summed E-state index contributed by atoms with van der Waals surface area (Å²) in [7, 11) is 0. The fourth-order valence-electron chi connectivity index (χ4n) is 1.94. The molecule has 1 fully saturated rings. The van der Waals surface area contributed by atoms with Crippen molar-refractivity contribution in [3.8, 4) is 5.88 Å². The highest BCUT2D eigenvalue weighted by Gasteiger charge is 2.22. The van der Waals surface area contributed by atoms with Gasteiger partial charge < -0.3 is 15.4 Å². The van der Waals surface area contributed by atoms with Crippen LogP contribution in [0.25, 0.3) is 0 Å². The maximum Gasteiger partial charge on any atom is 0.234 e. The first-order chi connectivity index (χ1) is 7.83. The molecule has 0 saturated carbocycles. The third-order valence-corrected chi connectivity index (χ3v) is 2.84. The van der Waals surface area contributed by atoms with Crippen molar-refractivity contribution in [2.75, 3.05) is 31.1 Å². The zero-order valence-corrected chi connectivity index (χ0v) is 9.59. The van der Waals surface area contributed by atoms with Crippen molar-refractivity contribution in [2.45, 2.75) is 13.3 Å². The Kier molecular flexibility index (Phi) is 3.56. The molecule has 0 spiro atoms. The molecule has 88 valence electrons. The summed E-state index contributed by atoms with van der Waals surface area (Å²) in [5, 5.41) is 0. The van der Waals surface area contributed by atoms with Crippen LogP contribution in [0.2, 0.25) is 0 Å². The van der Waals surface area contributed by atoms with E-state index >= 15 is 0 Å². The van der Waals surface area contributed by atoms with Crippen molar-refractivity contribution in [3.05, 3.63) is 12.4 Å². The Morgan fingerprint density at radius 2 is 2.44 bits per heavy atom. The monoisotopic (exact) mass is 222 g/mol. The van der Waals surface area contributed by atoms with Crippen LogP contribution in [-0.4, -0.2) is 36.2 Å². The van der Waals surface area contributed by atoms with E-state index in [1.54, 1.807) is 12.4 Å². The minimum Gasteiger partial charge on any atom is -0.477 e. The molecule has 1 aromatic rings. The Morgan fingerprint density at radius 3 is 3.12 bits per heavy atom. The van der Waals surface area contributed by atoms with Gasteiger partial charge in [0.15, 0.2) is 5.82 Å². The zero-order valence-electron chi connectivity index (χ0n) is 9.59. The molecular weight excluding hydrogens is 204 g/mol. The van der Waals surface area contributed by atoms with Crippen molar-refractivity contribution in [3.63, 3.8) is 0 Å². The SMILES string of the molecule is CCOc1cncc(N2CCC(CN)C2)n1. The average molecular weight is 222 g/mol. The summed E-state index contributed by atoms with van der Waals surface area (Å²) < 4.78 is 5.33. The predicted octanol–water partition coefficient (Wildman–Crippen LogP) is 0.660. The van der Waals surface area contributed by atoms with E-state index in [0.29, 0.717) is 18.4 Å². The van der Waals surface area contributed by atoms with Gasteiger partial charge in [-0.1, -0.05) is 0 Å². The molecule has 1 unspecified atom stereocenters. The lowest BCUT2D eigenvalue weighted by atomic mass is 10.1. The van der Waals surface area contributed by atoms with E-state index in [2.05, 4.69) is 14.9 Å². The van der Waals surface area contributed by atoms with E-state index in [4.69, 9.17) is 10.5 Å². The van der Waals surface area contributed by atoms with Gasteiger partial charge in [0.25, 0.3) is 0 Å². The number of ether oxygens (including phenoxy) is 1. The van der Waals surface area contributed by atoms with Crippen molar-refractivity contribution in [1.82, 2.24) is 9.97 Å². The molecule has 1 saturated heterocycles. The summed E-state index contributed by atoms with van der Waals surface area (Å²) in [6, 6.07) is 0. The number of rotatable bonds is 4. The van der Waals surface area contributed by atoms with Crippen molar-refractivity contribution < 1.29 is 4.74 Å². The fourth-order valence-corrected chi connectivity index (χ4v) is 1.94. The van der Waals surface area contributed by atoms with Gasteiger partial charge in [-0.3, -0.25) is 4.98 Å². The molecule has 1 aliphatic rings. The number of aromatic nitrogens is 2. The maximum absolute atomic E-state index is 5.66. The number of hydrogen-bond acceptors (Lipinski definition) is 5. The predicted molar refractivity (Wildman–Crippen MR) is 62.6 cm³/mol. The molecule has 1 aliphatic heterocycles. The van der Waals surface area contributed by atoms with E-state index in [9.17, 15) is 0 Å². The van der Waals surface area contributed by atoms with Gasteiger partial charge in [-0.05, 0) is 25.8 Å². The molecule has 0 aromatic carbocycles. The highest BCUT2D eigenvalue weighted by atomic mass is 16.5. The van der Waals surface area contributed by atoms with Crippen LogP contribution in [0.15, 0.2) is 12.4 Å². The number of nitrogens with two attached hydrogens (primary N) is 1. The van der Waals surface area contributed by atoms with Crippen LogP contribution in [0.1, 0.15) is 13.3 Å². The van der Waals surface area contributed by atoms with Gasteiger partial charge >= 0.3 is 0 Å². The van der Waals surface area contributed by atoms with Crippen molar-refractivity contribution in [1.29, 1.82) is 0 Å². The molecule has 0 aliphatic carbocycles. The molecule has 2 N–H and O–H groups in total. The quantitative estimate of drug-likeness (QED) is 0.810. The van der Waals surface area contributed by atoms with Gasteiger partial charge in [0, 0.05) is 13.1 Å². The Labute approximate surface area is 95.6 Å². The smallest absolute Gasteiger partial charge is 0.234 e. The number of anilines is 1. The number of nitrogens with zero attached hydrogens (tertiary/aromatic N) is 3. The van der Waals surface area contributed by atoms with Crippen molar-refractivity contribution in [2.24, 2.45) is 11.7 Å². The van der Waals surface area contributed by atoms with Crippen LogP contribution in [0.5, 0.6) is 5.88 Å². The second-order valence-electron chi connectivity index (χ2n) is 3.98. The summed E-state index contributed by atoms with van der Waals surface area (Å²) >= 11 is 0. The minimum absolute atomic E-state index is 0.581. The van der Waals surface area contributed by atoms with Gasteiger partial charge in [0.1, 0.15) is 0 Å². The largest absolute Gasteiger partial charge is 0.477 e. The average Bonchev–Trinajstić information content (AvgIpc) is 2.78. The van der Waals surface area contributed by atoms with E-state index < -0.39 is 0 Å². The molecule has 0 bridgehead atoms. The van der Waals surface area contributed by atoms with E-state index in [0.717, 1.165) is 31.9 Å². The third-order valence-electron chi connectivity index (χ3n) is 2.84. The van der Waals surface area contributed by atoms with Gasteiger partial charge in [-0.2, -0.15) is 4.98 Å². The molecule has 1 atom stereocenters. The summed E-state index contributed by atoms with van der Waals surface area (Å²) in [5.74, 6) is 2.07. The fraction of sp³-hybridized carbons (Fsp3) is 0.636. The van der Waals surface area contributed by atoms with Crippen molar-refractivity contribution >= 4 is 5.82 Å². The molecule has 2 rings (SSSR count). The second kappa shape index (κ2) is 5.12. The van der Waals surface area contributed by atoms with Gasteiger partial charge in [0.2, 0.25) is 5.88 Å². The van der Waals surface area contributed by atoms with E-state index in [1.807, 2.05) is 6.92 Å². The second-order valence-corrected chi connectivity index (χ2v) is 3.98. The van der Waals surface area contributed by atoms with Crippen LogP contribution in [0.3, 0.4) is 0 Å². The Bertz CT molecular complexity index is 345. The zero-order chi connectivity index (χ0) is 11.4. The summed E-state index contributed by atoms with van der Waals surface area (Å²) in [6.45, 7) is 5.28. The standard InChI is InChI=1S/C11H18N4O/c1-2-16-11-7-13-6-10(14-11)15-4-3-9(5-12)8-15/h6-7,9H,2-5,8,12H2,1H3. The molecular formula is C11H18N4O. The summed E-state index contributed by atoms with van der Waals surface area (Å²) in [4.78, 5) is 10.8. The summed E-state index contributed by atoms with van der Waals surface area (Å²) in [6.07, 6.45) is 4.56. The van der Waals surface area contributed by atoms with Crippen LogP contribution in [0, 0.1) is 5.92 Å². The molecule has 16 heavy (non-hydrogen) atoms. The molecule has 0 amide bonds. The first-order valence-electron chi connectivity index (χ1n) is 5.73. The maximum atomic E-state index is 5.66. The van der Waals surface area contributed by atoms with Gasteiger partial charge in [0.05, 0.1) is 19.0 Å².